The average Bonchev–Trinajstić information content (AvgIpc) is 3.28. The molecule has 2 atom stereocenters. The zero-order valence-electron chi connectivity index (χ0n) is 10.8. The lowest BCUT2D eigenvalue weighted by Crippen LogP contribution is -2.07. The Morgan fingerprint density at radius 2 is 1.84 bits per heavy atom. The Morgan fingerprint density at radius 1 is 1.16 bits per heavy atom. The van der Waals surface area contributed by atoms with Gasteiger partial charge in [0, 0.05) is 5.56 Å². The number of hydrogen-bond acceptors (Lipinski definition) is 4. The van der Waals surface area contributed by atoms with Crippen molar-refractivity contribution in [1.82, 2.24) is 0 Å². The third-order valence-corrected chi connectivity index (χ3v) is 3.06. The second-order valence-corrected chi connectivity index (χ2v) is 4.80. The van der Waals surface area contributed by atoms with E-state index in [-0.39, 0.29) is 12.2 Å². The van der Waals surface area contributed by atoms with Crippen LogP contribution in [0.5, 0.6) is 11.5 Å². The van der Waals surface area contributed by atoms with Crippen molar-refractivity contribution in [3.05, 3.63) is 36.4 Å². The molecule has 0 aromatic heterocycles. The lowest BCUT2D eigenvalue weighted by molar-refractivity contribution is 0.256. The molecule has 0 N–H and O–H groups in total. The number of epoxide rings is 2. The lowest BCUT2D eigenvalue weighted by atomic mass is 10.1. The highest BCUT2D eigenvalue weighted by Crippen LogP contribution is 2.26. The fraction of sp³-hybridized carbons (Fsp3) is 0.467. The molecule has 2 heterocycles. The smallest absolute Gasteiger partial charge is 0.123 e. The molecular weight excluding hydrogens is 244 g/mol. The summed E-state index contributed by atoms with van der Waals surface area (Å²) in [4.78, 5) is 0. The lowest BCUT2D eigenvalue weighted by Gasteiger charge is -2.12. The molecule has 2 saturated heterocycles. The molecule has 0 saturated carbocycles. The Bertz CT molecular complexity index is 449. The van der Waals surface area contributed by atoms with Crippen molar-refractivity contribution in [2.75, 3.05) is 26.4 Å². The fourth-order valence-electron chi connectivity index (χ4n) is 1.80. The number of allylic oxidation sites excluding steroid dienone is 1. The summed E-state index contributed by atoms with van der Waals surface area (Å²) in [5.74, 6) is 1.73. The molecule has 3 rings (SSSR count). The third kappa shape index (κ3) is 3.72. The van der Waals surface area contributed by atoms with E-state index in [1.54, 1.807) is 0 Å². The van der Waals surface area contributed by atoms with Gasteiger partial charge in [0.05, 0.1) is 13.2 Å². The van der Waals surface area contributed by atoms with Gasteiger partial charge in [-0.05, 0) is 24.6 Å². The molecule has 2 unspecified atom stereocenters. The minimum absolute atomic E-state index is 0.263. The standard InChI is InChI=1S/C15H18O4/c1-2-3-11-6-12(16-7-13-8-17-13)4-5-15(11)19-10-14-9-18-14/h2,4-6,13-14H,1,3,7-10H2. The molecule has 4 nitrogen and oxygen atoms in total. The van der Waals surface area contributed by atoms with Gasteiger partial charge in [-0.25, -0.2) is 0 Å². The summed E-state index contributed by atoms with van der Waals surface area (Å²) in [6.07, 6.45) is 3.16. The second kappa shape index (κ2) is 5.63. The molecule has 0 amide bonds. The predicted molar refractivity (Wildman–Crippen MR) is 70.8 cm³/mol. The van der Waals surface area contributed by atoms with Crippen molar-refractivity contribution in [3.63, 3.8) is 0 Å². The summed E-state index contributed by atoms with van der Waals surface area (Å²) >= 11 is 0. The van der Waals surface area contributed by atoms with E-state index in [4.69, 9.17) is 18.9 Å². The third-order valence-electron chi connectivity index (χ3n) is 3.06. The van der Waals surface area contributed by atoms with Crippen LogP contribution in [-0.4, -0.2) is 38.6 Å². The molecule has 4 heteroatoms. The van der Waals surface area contributed by atoms with Gasteiger partial charge in [0.1, 0.15) is 36.9 Å². The Morgan fingerprint density at radius 3 is 2.47 bits per heavy atom. The Hall–Kier alpha value is -1.52. The second-order valence-electron chi connectivity index (χ2n) is 4.80. The van der Waals surface area contributed by atoms with Gasteiger partial charge in [0.15, 0.2) is 0 Å². The number of ether oxygens (including phenoxy) is 4. The van der Waals surface area contributed by atoms with Crippen molar-refractivity contribution in [2.24, 2.45) is 0 Å². The van der Waals surface area contributed by atoms with E-state index in [9.17, 15) is 0 Å². The van der Waals surface area contributed by atoms with E-state index in [1.165, 1.54) is 0 Å². The molecule has 1 aromatic rings. The van der Waals surface area contributed by atoms with Crippen molar-refractivity contribution >= 4 is 0 Å². The van der Waals surface area contributed by atoms with Crippen LogP contribution < -0.4 is 9.47 Å². The van der Waals surface area contributed by atoms with Crippen LogP contribution in [0.3, 0.4) is 0 Å². The van der Waals surface area contributed by atoms with Gasteiger partial charge >= 0.3 is 0 Å². The maximum Gasteiger partial charge on any atom is 0.123 e. The van der Waals surface area contributed by atoms with Gasteiger partial charge in [-0.2, -0.15) is 0 Å². The molecule has 0 radical (unpaired) electrons. The van der Waals surface area contributed by atoms with E-state index in [0.717, 1.165) is 36.7 Å². The maximum atomic E-state index is 5.75. The largest absolute Gasteiger partial charge is 0.491 e. The molecule has 2 aliphatic rings. The summed E-state index contributed by atoms with van der Waals surface area (Å²) < 4.78 is 21.7. The Kier molecular flexibility index (Phi) is 3.71. The van der Waals surface area contributed by atoms with E-state index in [1.807, 2.05) is 24.3 Å². The number of hydrogen-bond donors (Lipinski definition) is 0. The number of benzene rings is 1. The number of rotatable bonds is 8. The molecule has 102 valence electrons. The van der Waals surface area contributed by atoms with Crippen molar-refractivity contribution < 1.29 is 18.9 Å². The first-order valence-corrected chi connectivity index (χ1v) is 6.58. The van der Waals surface area contributed by atoms with Gasteiger partial charge in [0.2, 0.25) is 0 Å². The van der Waals surface area contributed by atoms with Crippen LogP contribution in [-0.2, 0) is 15.9 Å². The average molecular weight is 262 g/mol. The first kappa shape index (κ1) is 12.5. The maximum absolute atomic E-state index is 5.75. The molecule has 2 fully saturated rings. The highest BCUT2D eigenvalue weighted by Gasteiger charge is 2.24. The van der Waals surface area contributed by atoms with Crippen LogP contribution in [0.15, 0.2) is 30.9 Å². The topological polar surface area (TPSA) is 43.5 Å². The van der Waals surface area contributed by atoms with Crippen LogP contribution in [0.1, 0.15) is 5.56 Å². The van der Waals surface area contributed by atoms with Crippen molar-refractivity contribution in [3.8, 4) is 11.5 Å². The van der Waals surface area contributed by atoms with Gasteiger partial charge in [-0.15, -0.1) is 6.58 Å². The molecule has 19 heavy (non-hydrogen) atoms. The summed E-state index contributed by atoms with van der Waals surface area (Å²) in [5.41, 5.74) is 1.09. The van der Waals surface area contributed by atoms with Gasteiger partial charge in [-0.1, -0.05) is 6.08 Å². The first-order valence-electron chi connectivity index (χ1n) is 6.58. The molecule has 1 aromatic carbocycles. The van der Waals surface area contributed by atoms with Crippen LogP contribution in [0, 0.1) is 0 Å². The van der Waals surface area contributed by atoms with Crippen LogP contribution in [0.25, 0.3) is 0 Å². The van der Waals surface area contributed by atoms with Crippen molar-refractivity contribution in [2.45, 2.75) is 18.6 Å². The normalized spacial score (nSPS) is 23.8. The molecule has 0 bridgehead atoms. The minimum atomic E-state index is 0.263. The highest BCUT2D eigenvalue weighted by atomic mass is 16.6. The van der Waals surface area contributed by atoms with Crippen LogP contribution >= 0.6 is 0 Å². The quantitative estimate of drug-likeness (QED) is 0.530. The summed E-state index contributed by atoms with van der Waals surface area (Å²) in [6.45, 7) is 6.62. The molecule has 2 aliphatic heterocycles. The van der Waals surface area contributed by atoms with Gasteiger partial charge in [0.25, 0.3) is 0 Å². The predicted octanol–water partition coefficient (Wildman–Crippen LogP) is 1.97. The zero-order valence-corrected chi connectivity index (χ0v) is 10.8. The monoisotopic (exact) mass is 262 g/mol. The van der Waals surface area contributed by atoms with Crippen LogP contribution in [0.4, 0.5) is 0 Å². The fourth-order valence-corrected chi connectivity index (χ4v) is 1.80. The molecule has 0 spiro atoms. The van der Waals surface area contributed by atoms with E-state index in [0.29, 0.717) is 13.2 Å². The van der Waals surface area contributed by atoms with Gasteiger partial charge < -0.3 is 18.9 Å². The Balaban J connectivity index is 1.64. The summed E-state index contributed by atoms with van der Waals surface area (Å²) in [5, 5.41) is 0. The SMILES string of the molecule is C=CCc1cc(OCC2CO2)ccc1OCC1CO1. The first-order chi connectivity index (χ1) is 9.35. The van der Waals surface area contributed by atoms with E-state index < -0.39 is 0 Å². The summed E-state index contributed by atoms with van der Waals surface area (Å²) in [7, 11) is 0. The van der Waals surface area contributed by atoms with Crippen LogP contribution in [0.2, 0.25) is 0 Å². The van der Waals surface area contributed by atoms with E-state index >= 15 is 0 Å². The Labute approximate surface area is 112 Å². The van der Waals surface area contributed by atoms with Gasteiger partial charge in [-0.3, -0.25) is 0 Å². The zero-order chi connectivity index (χ0) is 13.1. The molecular formula is C15H18O4. The molecule has 0 aliphatic carbocycles. The van der Waals surface area contributed by atoms with Crippen molar-refractivity contribution in [1.29, 1.82) is 0 Å². The van der Waals surface area contributed by atoms with E-state index in [2.05, 4.69) is 6.58 Å². The summed E-state index contributed by atoms with van der Waals surface area (Å²) in [6, 6.07) is 5.88. The minimum Gasteiger partial charge on any atom is -0.491 e. The highest BCUT2D eigenvalue weighted by molar-refractivity contribution is 5.41.